The molecule has 1 heterocycles. The topological polar surface area (TPSA) is 53.1 Å². The largest absolute Gasteiger partial charge is 0.496 e. The fraction of sp³-hybridized carbons (Fsp3) is 0.438. The van der Waals surface area contributed by atoms with Crippen LogP contribution in [0.15, 0.2) is 18.2 Å². The molecule has 0 aliphatic carbocycles. The highest BCUT2D eigenvalue weighted by Gasteiger charge is 2.19. The number of aryl methyl sites for hydroxylation is 3. The van der Waals surface area contributed by atoms with Gasteiger partial charge in [0.1, 0.15) is 5.75 Å². The lowest BCUT2D eigenvalue weighted by atomic mass is 10.00. The van der Waals surface area contributed by atoms with Gasteiger partial charge in [0.25, 0.3) is 0 Å². The van der Waals surface area contributed by atoms with Crippen molar-refractivity contribution in [2.45, 2.75) is 32.7 Å². The van der Waals surface area contributed by atoms with Crippen molar-refractivity contribution in [3.63, 3.8) is 0 Å². The summed E-state index contributed by atoms with van der Waals surface area (Å²) in [6.45, 7) is 4.07. The van der Waals surface area contributed by atoms with Crippen LogP contribution in [0.25, 0.3) is 0 Å². The lowest BCUT2D eigenvalue weighted by molar-refractivity contribution is 0.404. The summed E-state index contributed by atoms with van der Waals surface area (Å²) >= 11 is 6.39. The predicted octanol–water partition coefficient (Wildman–Crippen LogP) is 3.20. The summed E-state index contributed by atoms with van der Waals surface area (Å²) in [7, 11) is 3.57. The molecule has 114 valence electrons. The van der Waals surface area contributed by atoms with Gasteiger partial charge in [-0.15, -0.1) is 0 Å². The Morgan fingerprint density at radius 2 is 2.14 bits per heavy atom. The third-order valence-corrected chi connectivity index (χ3v) is 4.14. The Hall–Kier alpha value is -1.52. The lowest BCUT2D eigenvalue weighted by Crippen LogP contribution is -2.16. The Morgan fingerprint density at radius 3 is 2.71 bits per heavy atom. The Kier molecular flexibility index (Phi) is 4.91. The molecule has 2 rings (SSSR count). The van der Waals surface area contributed by atoms with E-state index < -0.39 is 0 Å². The van der Waals surface area contributed by atoms with Gasteiger partial charge in [-0.05, 0) is 25.0 Å². The molecule has 2 aromatic rings. The summed E-state index contributed by atoms with van der Waals surface area (Å²) in [5, 5.41) is 5.15. The highest BCUT2D eigenvalue weighted by Crippen LogP contribution is 2.30. The Bertz CT molecular complexity index is 637. The van der Waals surface area contributed by atoms with Gasteiger partial charge in [0, 0.05) is 25.1 Å². The number of halogens is 1. The van der Waals surface area contributed by atoms with Crippen molar-refractivity contribution in [3.8, 4) is 5.75 Å². The Labute approximate surface area is 130 Å². The second-order valence-electron chi connectivity index (χ2n) is 5.24. The van der Waals surface area contributed by atoms with Gasteiger partial charge >= 0.3 is 0 Å². The van der Waals surface area contributed by atoms with E-state index >= 15 is 0 Å². The number of nitrogens with zero attached hydrogens (tertiary/aromatic N) is 2. The molecule has 0 aliphatic rings. The molecule has 0 spiro atoms. The summed E-state index contributed by atoms with van der Waals surface area (Å²) in [6, 6.07) is 5.87. The number of methoxy groups -OCH3 is 1. The van der Waals surface area contributed by atoms with E-state index in [4.69, 9.17) is 22.1 Å². The normalized spacial score (nSPS) is 12.5. The fourth-order valence-corrected chi connectivity index (χ4v) is 2.86. The van der Waals surface area contributed by atoms with Crippen molar-refractivity contribution < 1.29 is 4.74 Å². The zero-order valence-electron chi connectivity index (χ0n) is 13.0. The average molecular weight is 308 g/mol. The van der Waals surface area contributed by atoms with Crippen LogP contribution in [0.4, 0.5) is 0 Å². The van der Waals surface area contributed by atoms with Crippen LogP contribution in [-0.2, 0) is 19.9 Å². The van der Waals surface area contributed by atoms with Crippen LogP contribution in [0, 0.1) is 6.92 Å². The van der Waals surface area contributed by atoms with Crippen LogP contribution in [0.2, 0.25) is 5.02 Å². The van der Waals surface area contributed by atoms with Crippen molar-refractivity contribution in [1.82, 2.24) is 9.78 Å². The molecule has 0 amide bonds. The van der Waals surface area contributed by atoms with Crippen LogP contribution in [0.3, 0.4) is 0 Å². The van der Waals surface area contributed by atoms with Crippen LogP contribution >= 0.6 is 11.6 Å². The number of ether oxygens (including phenoxy) is 1. The maximum atomic E-state index is 6.39. The van der Waals surface area contributed by atoms with Gasteiger partial charge in [-0.2, -0.15) is 5.10 Å². The second-order valence-corrected chi connectivity index (χ2v) is 5.62. The zero-order valence-corrected chi connectivity index (χ0v) is 13.7. The minimum atomic E-state index is -0.182. The Morgan fingerprint density at radius 1 is 1.43 bits per heavy atom. The Balaban J connectivity index is 2.30. The van der Waals surface area contributed by atoms with Gasteiger partial charge in [0.2, 0.25) is 0 Å². The second kappa shape index (κ2) is 6.50. The number of nitrogens with two attached hydrogens (primary N) is 1. The van der Waals surface area contributed by atoms with Crippen molar-refractivity contribution in [2.24, 2.45) is 12.8 Å². The van der Waals surface area contributed by atoms with E-state index in [1.54, 1.807) is 7.11 Å². The smallest absolute Gasteiger partial charge is 0.123 e. The molecule has 0 radical (unpaired) electrons. The first-order valence-electron chi connectivity index (χ1n) is 7.08. The minimum Gasteiger partial charge on any atom is -0.496 e. The minimum absolute atomic E-state index is 0.182. The summed E-state index contributed by atoms with van der Waals surface area (Å²) in [4.78, 5) is 0. The van der Waals surface area contributed by atoms with Crippen molar-refractivity contribution in [2.75, 3.05) is 7.11 Å². The van der Waals surface area contributed by atoms with E-state index in [1.807, 2.05) is 43.8 Å². The average Bonchev–Trinajstić information content (AvgIpc) is 2.74. The van der Waals surface area contributed by atoms with Crippen molar-refractivity contribution >= 4 is 11.6 Å². The number of benzene rings is 1. The summed E-state index contributed by atoms with van der Waals surface area (Å²) < 4.78 is 7.26. The quantitative estimate of drug-likeness (QED) is 0.923. The summed E-state index contributed by atoms with van der Waals surface area (Å²) in [5.74, 6) is 0.816. The van der Waals surface area contributed by atoms with Crippen LogP contribution in [0.1, 0.15) is 35.5 Å². The van der Waals surface area contributed by atoms with Gasteiger partial charge in [-0.3, -0.25) is 4.68 Å². The van der Waals surface area contributed by atoms with Crippen LogP contribution in [0.5, 0.6) is 5.75 Å². The van der Waals surface area contributed by atoms with E-state index in [-0.39, 0.29) is 6.04 Å². The van der Waals surface area contributed by atoms with E-state index in [0.29, 0.717) is 6.42 Å². The molecule has 2 N–H and O–H groups in total. The molecule has 1 unspecified atom stereocenters. The molecule has 1 aromatic heterocycles. The number of aromatic nitrogens is 2. The molecule has 0 fully saturated rings. The van der Waals surface area contributed by atoms with Crippen molar-refractivity contribution in [3.05, 3.63) is 45.7 Å². The molecule has 1 atom stereocenters. The fourth-order valence-electron chi connectivity index (χ4n) is 2.48. The summed E-state index contributed by atoms with van der Waals surface area (Å²) in [5.41, 5.74) is 10.4. The molecule has 0 saturated heterocycles. The first-order chi connectivity index (χ1) is 9.97. The highest BCUT2D eigenvalue weighted by atomic mass is 35.5. The molecule has 0 saturated carbocycles. The third-order valence-electron chi connectivity index (χ3n) is 3.70. The SMILES string of the molecule is CCc1nn(C)c(CC(N)c2ccc(C)cc2OC)c1Cl. The molecular formula is C16H22ClN3O. The molecule has 0 aliphatic heterocycles. The summed E-state index contributed by atoms with van der Waals surface area (Å²) in [6.07, 6.45) is 1.44. The number of hydrogen-bond donors (Lipinski definition) is 1. The van der Waals surface area contributed by atoms with Gasteiger partial charge in [-0.1, -0.05) is 30.7 Å². The molecule has 21 heavy (non-hydrogen) atoms. The monoisotopic (exact) mass is 307 g/mol. The maximum absolute atomic E-state index is 6.39. The van der Waals surface area contributed by atoms with Gasteiger partial charge in [0.05, 0.1) is 23.5 Å². The molecule has 0 bridgehead atoms. The van der Waals surface area contributed by atoms with Gasteiger partial charge in [-0.25, -0.2) is 0 Å². The van der Waals surface area contributed by atoms with Gasteiger partial charge < -0.3 is 10.5 Å². The van der Waals surface area contributed by atoms with E-state index in [1.165, 1.54) is 0 Å². The maximum Gasteiger partial charge on any atom is 0.123 e. The van der Waals surface area contributed by atoms with Crippen LogP contribution < -0.4 is 10.5 Å². The molecule has 5 heteroatoms. The zero-order chi connectivity index (χ0) is 15.6. The standard InChI is InChI=1S/C16H22ClN3O/c1-5-13-16(17)14(20(3)19-13)9-12(18)11-7-6-10(2)8-15(11)21-4/h6-8,12H,5,9,18H2,1-4H3. The molecular weight excluding hydrogens is 286 g/mol. The lowest BCUT2D eigenvalue weighted by Gasteiger charge is -2.16. The van der Waals surface area contributed by atoms with Crippen LogP contribution in [-0.4, -0.2) is 16.9 Å². The number of rotatable bonds is 5. The third kappa shape index (κ3) is 3.22. The van der Waals surface area contributed by atoms with Crippen molar-refractivity contribution in [1.29, 1.82) is 0 Å². The van der Waals surface area contributed by atoms with E-state index in [2.05, 4.69) is 5.10 Å². The number of hydrogen-bond acceptors (Lipinski definition) is 3. The first-order valence-corrected chi connectivity index (χ1v) is 7.46. The molecule has 4 nitrogen and oxygen atoms in total. The first kappa shape index (κ1) is 15.9. The highest BCUT2D eigenvalue weighted by molar-refractivity contribution is 6.31. The van der Waals surface area contributed by atoms with E-state index in [9.17, 15) is 0 Å². The van der Waals surface area contributed by atoms with E-state index in [0.717, 1.165) is 39.7 Å². The van der Waals surface area contributed by atoms with Gasteiger partial charge in [0.15, 0.2) is 0 Å². The predicted molar refractivity (Wildman–Crippen MR) is 86.0 cm³/mol. The molecule has 1 aromatic carbocycles.